The molecule has 1 fully saturated rings. The zero-order valence-corrected chi connectivity index (χ0v) is 12.4. The predicted octanol–water partition coefficient (Wildman–Crippen LogP) is 0.946. The molecule has 1 atom stereocenters. The van der Waals surface area contributed by atoms with E-state index in [4.69, 9.17) is 0 Å². The Morgan fingerprint density at radius 2 is 1.87 bits per heavy atom. The first-order valence-electron chi connectivity index (χ1n) is 7.44. The molecule has 2 aromatic heterocycles. The van der Waals surface area contributed by atoms with Gasteiger partial charge >= 0.3 is 0 Å². The maximum atomic E-state index is 12.6. The second-order valence-electron chi connectivity index (χ2n) is 5.40. The summed E-state index contributed by atoms with van der Waals surface area (Å²) in [6.45, 7) is 1.26. The molecule has 1 saturated heterocycles. The third-order valence-corrected chi connectivity index (χ3v) is 3.91. The van der Waals surface area contributed by atoms with Gasteiger partial charge < -0.3 is 4.90 Å². The lowest BCUT2D eigenvalue weighted by atomic mass is 10.3. The number of amides is 1. The minimum atomic E-state index is -0.109. The fraction of sp³-hybridized carbons (Fsp3) is 0.267. The van der Waals surface area contributed by atoms with Crippen LogP contribution in [0.2, 0.25) is 0 Å². The first-order chi connectivity index (χ1) is 11.3. The predicted molar refractivity (Wildman–Crippen MR) is 80.9 cm³/mol. The van der Waals surface area contributed by atoms with Crippen LogP contribution in [0.5, 0.6) is 0 Å². The number of nitrogens with zero attached hydrogens (tertiary/aromatic N) is 7. The van der Waals surface area contributed by atoms with Crippen molar-refractivity contribution in [3.05, 3.63) is 54.6 Å². The number of likely N-dealkylation sites (tertiary alicyclic amines) is 1. The molecule has 0 N–H and O–H groups in total. The lowest BCUT2D eigenvalue weighted by Crippen LogP contribution is -2.29. The Morgan fingerprint density at radius 1 is 1.09 bits per heavy atom. The molecule has 0 radical (unpaired) electrons. The molecule has 1 aliphatic rings. The lowest BCUT2D eigenvalue weighted by molar-refractivity contribution is 0.0780. The van der Waals surface area contributed by atoms with E-state index in [9.17, 15) is 4.79 Å². The Balaban J connectivity index is 1.49. The van der Waals surface area contributed by atoms with E-state index in [1.54, 1.807) is 22.1 Å². The van der Waals surface area contributed by atoms with Crippen LogP contribution in [0.15, 0.2) is 48.9 Å². The Bertz CT molecular complexity index is 796. The molecule has 23 heavy (non-hydrogen) atoms. The van der Waals surface area contributed by atoms with Crippen molar-refractivity contribution < 1.29 is 4.79 Å². The summed E-state index contributed by atoms with van der Waals surface area (Å²) in [5.41, 5.74) is 1.18. The molecule has 8 nitrogen and oxygen atoms in total. The average molecular weight is 309 g/mol. The topological polar surface area (TPSA) is 81.7 Å². The van der Waals surface area contributed by atoms with Crippen molar-refractivity contribution in [2.75, 3.05) is 13.1 Å². The van der Waals surface area contributed by atoms with Gasteiger partial charge in [0.2, 0.25) is 0 Å². The Kier molecular flexibility index (Phi) is 3.34. The number of hydrogen-bond acceptors (Lipinski definition) is 5. The van der Waals surface area contributed by atoms with Crippen molar-refractivity contribution in [3.63, 3.8) is 0 Å². The maximum absolute atomic E-state index is 12.6. The van der Waals surface area contributed by atoms with Gasteiger partial charge in [-0.05, 0) is 18.6 Å². The van der Waals surface area contributed by atoms with Crippen LogP contribution >= 0.6 is 0 Å². The van der Waals surface area contributed by atoms with Gasteiger partial charge in [-0.25, -0.2) is 0 Å². The van der Waals surface area contributed by atoms with E-state index in [-0.39, 0.29) is 11.9 Å². The molecule has 1 aliphatic heterocycles. The Morgan fingerprint density at radius 3 is 2.65 bits per heavy atom. The van der Waals surface area contributed by atoms with Crippen LogP contribution in [0.25, 0.3) is 5.69 Å². The highest BCUT2D eigenvalue weighted by Gasteiger charge is 2.30. The molecular formula is C15H15N7O. The monoisotopic (exact) mass is 309 g/mol. The largest absolute Gasteiger partial charge is 0.335 e. The molecule has 0 aliphatic carbocycles. The lowest BCUT2D eigenvalue weighted by Gasteiger charge is -2.14. The van der Waals surface area contributed by atoms with Crippen molar-refractivity contribution in [2.45, 2.75) is 12.5 Å². The van der Waals surface area contributed by atoms with E-state index in [1.807, 2.05) is 30.3 Å². The highest BCUT2D eigenvalue weighted by Crippen LogP contribution is 2.21. The van der Waals surface area contributed by atoms with E-state index in [0.29, 0.717) is 18.8 Å². The summed E-state index contributed by atoms with van der Waals surface area (Å²) in [6.07, 6.45) is 5.65. The summed E-state index contributed by atoms with van der Waals surface area (Å²) in [7, 11) is 0. The second-order valence-corrected chi connectivity index (χ2v) is 5.40. The molecule has 1 aromatic carbocycles. The summed E-state index contributed by atoms with van der Waals surface area (Å²) in [6, 6.07) is 9.64. The molecule has 1 unspecified atom stereocenters. The first-order valence-corrected chi connectivity index (χ1v) is 7.44. The van der Waals surface area contributed by atoms with E-state index in [1.165, 1.54) is 11.0 Å². The van der Waals surface area contributed by atoms with E-state index in [2.05, 4.69) is 20.4 Å². The third kappa shape index (κ3) is 2.59. The Labute approximate surface area is 132 Å². The molecule has 8 heteroatoms. The fourth-order valence-electron chi connectivity index (χ4n) is 2.74. The number of hydrogen-bond donors (Lipinski definition) is 0. The van der Waals surface area contributed by atoms with Gasteiger partial charge in [0.25, 0.3) is 5.91 Å². The summed E-state index contributed by atoms with van der Waals surface area (Å²) >= 11 is 0. The summed E-state index contributed by atoms with van der Waals surface area (Å²) in [4.78, 5) is 17.5. The zero-order valence-electron chi connectivity index (χ0n) is 12.4. The van der Waals surface area contributed by atoms with Crippen LogP contribution < -0.4 is 0 Å². The molecule has 3 aromatic rings. The molecule has 1 amide bonds. The maximum Gasteiger partial charge on any atom is 0.276 e. The number of rotatable bonds is 3. The molecule has 0 saturated carbocycles. The molecular weight excluding hydrogens is 294 g/mol. The van der Waals surface area contributed by atoms with Crippen LogP contribution in [0.4, 0.5) is 0 Å². The van der Waals surface area contributed by atoms with Crippen molar-refractivity contribution in [1.29, 1.82) is 0 Å². The van der Waals surface area contributed by atoms with Gasteiger partial charge in [0.05, 0.1) is 30.3 Å². The van der Waals surface area contributed by atoms with Crippen molar-refractivity contribution in [3.8, 4) is 5.69 Å². The first kappa shape index (κ1) is 13.6. The van der Waals surface area contributed by atoms with E-state index < -0.39 is 0 Å². The number of para-hydroxylation sites is 1. The minimum absolute atomic E-state index is 0.109. The fourth-order valence-corrected chi connectivity index (χ4v) is 2.74. The van der Waals surface area contributed by atoms with Gasteiger partial charge in [-0.3, -0.25) is 4.79 Å². The highest BCUT2D eigenvalue weighted by atomic mass is 16.2. The number of carbonyl (C=O) groups excluding carboxylic acids is 1. The SMILES string of the molecule is O=C(c1cnn(-c2ccccc2)n1)N1CCC(n2nccn2)C1. The quantitative estimate of drug-likeness (QED) is 0.719. The Hall–Kier alpha value is -3.03. The molecule has 0 spiro atoms. The molecule has 4 rings (SSSR count). The highest BCUT2D eigenvalue weighted by molar-refractivity contribution is 5.92. The standard InChI is InChI=1S/C15H15N7O/c23-15(20-9-6-13(11-20)21-16-7-8-17-21)14-10-18-22(19-14)12-4-2-1-3-5-12/h1-5,7-8,10,13H,6,9,11H2. The van der Waals surface area contributed by atoms with Crippen LogP contribution in [-0.4, -0.2) is 53.9 Å². The van der Waals surface area contributed by atoms with Crippen molar-refractivity contribution in [1.82, 2.24) is 34.9 Å². The van der Waals surface area contributed by atoms with Crippen LogP contribution in [0.3, 0.4) is 0 Å². The normalized spacial score (nSPS) is 17.6. The van der Waals surface area contributed by atoms with Crippen LogP contribution in [-0.2, 0) is 0 Å². The second kappa shape index (κ2) is 5.64. The van der Waals surface area contributed by atoms with Gasteiger partial charge in [-0.1, -0.05) is 18.2 Å². The number of carbonyl (C=O) groups is 1. The zero-order chi connectivity index (χ0) is 15.6. The van der Waals surface area contributed by atoms with E-state index in [0.717, 1.165) is 12.1 Å². The number of aromatic nitrogens is 6. The molecule has 0 bridgehead atoms. The van der Waals surface area contributed by atoms with Crippen molar-refractivity contribution in [2.24, 2.45) is 0 Å². The number of benzene rings is 1. The van der Waals surface area contributed by atoms with Gasteiger partial charge in [-0.15, -0.1) is 5.10 Å². The minimum Gasteiger partial charge on any atom is -0.335 e. The molecule has 116 valence electrons. The van der Waals surface area contributed by atoms with Crippen molar-refractivity contribution >= 4 is 5.91 Å². The third-order valence-electron chi connectivity index (χ3n) is 3.91. The summed E-state index contributed by atoms with van der Waals surface area (Å²) in [5.74, 6) is -0.109. The van der Waals surface area contributed by atoms with Gasteiger partial charge in [0, 0.05) is 13.1 Å². The van der Waals surface area contributed by atoms with Gasteiger partial charge in [0.1, 0.15) is 0 Å². The van der Waals surface area contributed by atoms with Gasteiger partial charge in [-0.2, -0.15) is 24.9 Å². The van der Waals surface area contributed by atoms with Crippen LogP contribution in [0.1, 0.15) is 23.0 Å². The van der Waals surface area contributed by atoms with Crippen LogP contribution in [0, 0.1) is 0 Å². The summed E-state index contributed by atoms with van der Waals surface area (Å²) in [5, 5.41) is 16.8. The van der Waals surface area contributed by atoms with Gasteiger partial charge in [0.15, 0.2) is 5.69 Å². The smallest absolute Gasteiger partial charge is 0.276 e. The molecule has 3 heterocycles. The van der Waals surface area contributed by atoms with E-state index >= 15 is 0 Å². The summed E-state index contributed by atoms with van der Waals surface area (Å²) < 4.78 is 0. The average Bonchev–Trinajstić information content (AvgIpc) is 3.35.